The number of nitrogens with zero attached hydrogens (tertiary/aromatic N) is 3. The van der Waals surface area contributed by atoms with Crippen LogP contribution in [0, 0.1) is 12.7 Å². The van der Waals surface area contributed by atoms with Gasteiger partial charge in [-0.25, -0.2) is 9.37 Å². The van der Waals surface area contributed by atoms with Crippen molar-refractivity contribution in [2.24, 2.45) is 0 Å². The van der Waals surface area contributed by atoms with Gasteiger partial charge in [0, 0.05) is 25.6 Å². The SMILES string of the molecule is Cc1cc(C(=O)N2CCCC(c3ncc(Cc4cccc(F)c4)o3)C2)no1. The number of likely N-dealkylation sites (tertiary alicyclic amines) is 1. The van der Waals surface area contributed by atoms with E-state index in [1.54, 1.807) is 30.2 Å². The van der Waals surface area contributed by atoms with Gasteiger partial charge < -0.3 is 13.8 Å². The summed E-state index contributed by atoms with van der Waals surface area (Å²) in [6, 6.07) is 8.08. The maximum absolute atomic E-state index is 13.3. The molecule has 140 valence electrons. The first-order chi connectivity index (χ1) is 13.1. The van der Waals surface area contributed by atoms with Crippen molar-refractivity contribution in [3.63, 3.8) is 0 Å². The Morgan fingerprint density at radius 1 is 1.37 bits per heavy atom. The lowest BCUT2D eigenvalue weighted by Crippen LogP contribution is -2.39. The minimum atomic E-state index is -0.267. The number of rotatable bonds is 4. The predicted octanol–water partition coefficient (Wildman–Crippen LogP) is 3.72. The molecule has 2 aromatic heterocycles. The molecule has 1 atom stereocenters. The summed E-state index contributed by atoms with van der Waals surface area (Å²) in [5.74, 6) is 1.56. The Bertz CT molecular complexity index is 949. The van der Waals surface area contributed by atoms with Crippen LogP contribution in [0.5, 0.6) is 0 Å². The number of oxazole rings is 1. The second-order valence-corrected chi connectivity index (χ2v) is 6.88. The molecule has 1 saturated heterocycles. The molecule has 0 radical (unpaired) electrons. The van der Waals surface area contributed by atoms with Crippen LogP contribution in [0.25, 0.3) is 0 Å². The molecule has 1 amide bonds. The normalized spacial score (nSPS) is 17.3. The zero-order valence-corrected chi connectivity index (χ0v) is 15.0. The largest absolute Gasteiger partial charge is 0.445 e. The standard InChI is InChI=1S/C20H20FN3O3/c1-13-8-18(23-27-13)20(25)24-7-3-5-15(12-24)19-22-11-17(26-19)10-14-4-2-6-16(21)9-14/h2,4,6,8-9,11,15H,3,5,7,10,12H2,1H3. The van der Waals surface area contributed by atoms with Crippen LogP contribution in [0.1, 0.15) is 52.2 Å². The highest BCUT2D eigenvalue weighted by Crippen LogP contribution is 2.28. The third-order valence-electron chi connectivity index (χ3n) is 4.74. The predicted molar refractivity (Wildman–Crippen MR) is 94.8 cm³/mol. The van der Waals surface area contributed by atoms with Crippen molar-refractivity contribution >= 4 is 5.91 Å². The molecule has 1 aliphatic heterocycles. The van der Waals surface area contributed by atoms with E-state index >= 15 is 0 Å². The smallest absolute Gasteiger partial charge is 0.276 e. The van der Waals surface area contributed by atoms with E-state index in [2.05, 4.69) is 10.1 Å². The number of carbonyl (C=O) groups is 1. The van der Waals surface area contributed by atoms with Gasteiger partial charge in [0.15, 0.2) is 11.6 Å². The number of halogens is 1. The van der Waals surface area contributed by atoms with Gasteiger partial charge in [-0.15, -0.1) is 0 Å². The van der Waals surface area contributed by atoms with Crippen molar-refractivity contribution in [3.05, 3.63) is 71.0 Å². The Morgan fingerprint density at radius 2 is 2.26 bits per heavy atom. The fraction of sp³-hybridized carbons (Fsp3) is 0.350. The zero-order chi connectivity index (χ0) is 18.8. The number of aromatic nitrogens is 2. The summed E-state index contributed by atoms with van der Waals surface area (Å²) in [4.78, 5) is 18.7. The summed E-state index contributed by atoms with van der Waals surface area (Å²) in [6.45, 7) is 2.97. The first-order valence-corrected chi connectivity index (χ1v) is 9.00. The third kappa shape index (κ3) is 3.92. The van der Waals surface area contributed by atoms with Crippen LogP contribution in [0.4, 0.5) is 4.39 Å². The molecule has 0 spiro atoms. The lowest BCUT2D eigenvalue weighted by Gasteiger charge is -2.30. The van der Waals surface area contributed by atoms with E-state index in [1.165, 1.54) is 12.1 Å². The Hall–Kier alpha value is -2.96. The molecule has 1 fully saturated rings. The molecule has 6 nitrogen and oxygen atoms in total. The molecule has 7 heteroatoms. The number of aryl methyl sites for hydroxylation is 1. The van der Waals surface area contributed by atoms with Crippen LogP contribution in [-0.4, -0.2) is 34.0 Å². The minimum absolute atomic E-state index is 0.0388. The van der Waals surface area contributed by atoms with Crippen molar-refractivity contribution in [1.29, 1.82) is 0 Å². The van der Waals surface area contributed by atoms with Gasteiger partial charge in [-0.2, -0.15) is 0 Å². The summed E-state index contributed by atoms with van der Waals surface area (Å²) in [5, 5.41) is 3.81. The monoisotopic (exact) mass is 369 g/mol. The summed E-state index contributed by atoms with van der Waals surface area (Å²) < 4.78 is 24.2. The van der Waals surface area contributed by atoms with E-state index in [-0.39, 0.29) is 17.6 Å². The van der Waals surface area contributed by atoms with Crippen molar-refractivity contribution in [3.8, 4) is 0 Å². The average molecular weight is 369 g/mol. The van der Waals surface area contributed by atoms with Gasteiger partial charge in [0.05, 0.1) is 12.1 Å². The summed E-state index contributed by atoms with van der Waals surface area (Å²) in [7, 11) is 0. The zero-order valence-electron chi connectivity index (χ0n) is 15.0. The van der Waals surface area contributed by atoms with Gasteiger partial charge >= 0.3 is 0 Å². The fourth-order valence-corrected chi connectivity index (χ4v) is 3.43. The Balaban J connectivity index is 1.44. The highest BCUT2D eigenvalue weighted by Gasteiger charge is 2.29. The quantitative estimate of drug-likeness (QED) is 0.701. The van der Waals surface area contributed by atoms with Crippen LogP contribution in [0.2, 0.25) is 0 Å². The highest BCUT2D eigenvalue weighted by atomic mass is 19.1. The van der Waals surface area contributed by atoms with E-state index < -0.39 is 0 Å². The van der Waals surface area contributed by atoms with E-state index in [4.69, 9.17) is 8.94 Å². The molecule has 1 aromatic carbocycles. The summed E-state index contributed by atoms with van der Waals surface area (Å²) >= 11 is 0. The summed E-state index contributed by atoms with van der Waals surface area (Å²) in [6.07, 6.45) is 3.94. The number of benzene rings is 1. The van der Waals surface area contributed by atoms with Gasteiger partial charge in [0.1, 0.15) is 17.3 Å². The van der Waals surface area contributed by atoms with E-state index in [9.17, 15) is 9.18 Å². The molecule has 3 aromatic rings. The van der Waals surface area contributed by atoms with Gasteiger partial charge in [-0.05, 0) is 37.5 Å². The Kier molecular flexibility index (Phi) is 4.75. The van der Waals surface area contributed by atoms with Gasteiger partial charge in [0.2, 0.25) is 0 Å². The van der Waals surface area contributed by atoms with E-state index in [1.807, 2.05) is 6.07 Å². The van der Waals surface area contributed by atoms with E-state index in [0.717, 1.165) is 18.4 Å². The molecule has 27 heavy (non-hydrogen) atoms. The Labute approximate surface area is 156 Å². The molecule has 1 unspecified atom stereocenters. The first kappa shape index (κ1) is 17.5. The van der Waals surface area contributed by atoms with Crippen molar-refractivity contribution in [2.75, 3.05) is 13.1 Å². The van der Waals surface area contributed by atoms with Crippen LogP contribution in [0.3, 0.4) is 0 Å². The van der Waals surface area contributed by atoms with Crippen molar-refractivity contribution in [2.45, 2.75) is 32.1 Å². The second-order valence-electron chi connectivity index (χ2n) is 6.88. The van der Waals surface area contributed by atoms with Gasteiger partial charge in [-0.3, -0.25) is 4.79 Å². The van der Waals surface area contributed by atoms with Crippen LogP contribution < -0.4 is 0 Å². The molecular formula is C20H20FN3O3. The van der Waals surface area contributed by atoms with Crippen LogP contribution >= 0.6 is 0 Å². The molecule has 3 heterocycles. The topological polar surface area (TPSA) is 72.4 Å². The average Bonchev–Trinajstić information content (AvgIpc) is 3.30. The van der Waals surface area contributed by atoms with Gasteiger partial charge in [-0.1, -0.05) is 17.3 Å². The number of hydrogen-bond acceptors (Lipinski definition) is 5. The third-order valence-corrected chi connectivity index (χ3v) is 4.74. The van der Waals surface area contributed by atoms with Crippen molar-refractivity contribution < 1.29 is 18.1 Å². The van der Waals surface area contributed by atoms with E-state index in [0.29, 0.717) is 42.6 Å². The highest BCUT2D eigenvalue weighted by molar-refractivity contribution is 5.92. The maximum Gasteiger partial charge on any atom is 0.276 e. The second kappa shape index (κ2) is 7.34. The fourth-order valence-electron chi connectivity index (χ4n) is 3.43. The molecule has 0 N–H and O–H groups in total. The molecular weight excluding hydrogens is 349 g/mol. The molecule has 4 rings (SSSR count). The number of carbonyl (C=O) groups excluding carboxylic acids is 1. The molecule has 0 aliphatic carbocycles. The van der Waals surface area contributed by atoms with Crippen LogP contribution in [-0.2, 0) is 6.42 Å². The van der Waals surface area contributed by atoms with Crippen molar-refractivity contribution in [1.82, 2.24) is 15.0 Å². The minimum Gasteiger partial charge on any atom is -0.445 e. The lowest BCUT2D eigenvalue weighted by atomic mass is 9.97. The molecule has 1 aliphatic rings. The number of piperidine rings is 1. The molecule has 0 bridgehead atoms. The lowest BCUT2D eigenvalue weighted by molar-refractivity contribution is 0.0687. The Morgan fingerprint density at radius 3 is 3.04 bits per heavy atom. The number of amides is 1. The molecule has 0 saturated carbocycles. The number of hydrogen-bond donors (Lipinski definition) is 0. The maximum atomic E-state index is 13.3. The first-order valence-electron chi connectivity index (χ1n) is 9.00. The summed E-state index contributed by atoms with van der Waals surface area (Å²) in [5.41, 5.74) is 1.16. The van der Waals surface area contributed by atoms with Gasteiger partial charge in [0.25, 0.3) is 5.91 Å². The van der Waals surface area contributed by atoms with Crippen LogP contribution in [0.15, 0.2) is 45.5 Å².